The van der Waals surface area contributed by atoms with E-state index in [1.165, 1.54) is 6.07 Å². The molecule has 3 rings (SSSR count). The Morgan fingerprint density at radius 1 is 0.857 bits per heavy atom. The summed E-state index contributed by atoms with van der Waals surface area (Å²) in [5, 5.41) is 1.24. The maximum atomic E-state index is 13.2. The van der Waals surface area contributed by atoms with Gasteiger partial charge in [0, 0.05) is 5.56 Å². The maximum absolute atomic E-state index is 13.2. The Bertz CT molecular complexity index is 1020. The van der Waals surface area contributed by atoms with E-state index >= 15 is 0 Å². The van der Waals surface area contributed by atoms with E-state index in [1.54, 1.807) is 30.3 Å². The first-order valence-electron chi connectivity index (χ1n) is 7.98. The Kier molecular flexibility index (Phi) is 5.06. The summed E-state index contributed by atoms with van der Waals surface area (Å²) in [5.74, 6) is -0.0146. The molecule has 0 radical (unpaired) electrons. The summed E-state index contributed by atoms with van der Waals surface area (Å²) in [4.78, 5) is 11.5. The molecule has 3 aromatic rings. The summed E-state index contributed by atoms with van der Waals surface area (Å²) in [6.45, 7) is -0.780. The van der Waals surface area contributed by atoms with Crippen molar-refractivity contribution in [3.63, 3.8) is 0 Å². The Hall–Kier alpha value is -3.03. The lowest BCUT2D eigenvalue weighted by Crippen LogP contribution is -2.14. The molecule has 0 atom stereocenters. The molecule has 0 unspecified atom stereocenters. The predicted molar refractivity (Wildman–Crippen MR) is 90.1 cm³/mol. The van der Waals surface area contributed by atoms with E-state index in [2.05, 4.69) is 0 Å². The van der Waals surface area contributed by atoms with Crippen LogP contribution >= 0.6 is 0 Å². The highest BCUT2D eigenvalue weighted by molar-refractivity contribution is 6.00. The van der Waals surface area contributed by atoms with Crippen molar-refractivity contribution in [1.82, 2.24) is 0 Å². The number of hydrogen-bond donors (Lipinski definition) is 0. The number of carbonyl (C=O) groups excluding carboxylic acids is 1. The van der Waals surface area contributed by atoms with Crippen LogP contribution in [0.5, 0.6) is 5.75 Å². The largest absolute Gasteiger partial charge is 0.488 e. The Labute approximate surface area is 155 Å². The van der Waals surface area contributed by atoms with Crippen LogP contribution in [0.15, 0.2) is 54.6 Å². The fourth-order valence-corrected chi connectivity index (χ4v) is 2.84. The third-order valence-electron chi connectivity index (χ3n) is 4.17. The van der Waals surface area contributed by atoms with Gasteiger partial charge in [0.25, 0.3) is 0 Å². The predicted octanol–water partition coefficient (Wildman–Crippen LogP) is 6.27. The number of fused-ring (bicyclic) bond motifs is 1. The summed E-state index contributed by atoms with van der Waals surface area (Å²) in [6, 6.07) is 11.0. The van der Waals surface area contributed by atoms with Crippen LogP contribution in [0.25, 0.3) is 10.8 Å². The molecule has 0 heterocycles. The minimum atomic E-state index is -4.85. The molecule has 0 aliphatic rings. The first-order chi connectivity index (χ1) is 13.1. The highest BCUT2D eigenvalue weighted by atomic mass is 19.4. The molecule has 0 aliphatic heterocycles. The molecule has 0 fully saturated rings. The van der Waals surface area contributed by atoms with Crippen molar-refractivity contribution in [3.8, 4) is 5.75 Å². The molecule has 0 saturated heterocycles. The van der Waals surface area contributed by atoms with Crippen molar-refractivity contribution < 1.29 is 35.9 Å². The quantitative estimate of drug-likeness (QED) is 0.383. The topological polar surface area (TPSA) is 26.3 Å². The number of carbonyl (C=O) groups is 1. The number of rotatable bonds is 4. The lowest BCUT2D eigenvalue weighted by atomic mass is 10.0. The van der Waals surface area contributed by atoms with Crippen molar-refractivity contribution in [1.29, 1.82) is 0 Å². The molecular weight excluding hydrogens is 386 g/mol. The zero-order valence-corrected chi connectivity index (χ0v) is 14.1. The number of halogens is 6. The average Bonchev–Trinajstić information content (AvgIpc) is 2.64. The second kappa shape index (κ2) is 7.18. The number of ether oxygens (including phenoxy) is 1. The molecule has 0 spiro atoms. The van der Waals surface area contributed by atoms with E-state index in [0.29, 0.717) is 35.3 Å². The van der Waals surface area contributed by atoms with Crippen molar-refractivity contribution in [3.05, 3.63) is 76.9 Å². The maximum Gasteiger partial charge on any atom is 0.416 e. The fraction of sp³-hybridized carbons (Fsp3) is 0.150. The molecule has 28 heavy (non-hydrogen) atoms. The molecule has 146 valence electrons. The number of hydrogen-bond acceptors (Lipinski definition) is 2. The van der Waals surface area contributed by atoms with Gasteiger partial charge in [0.15, 0.2) is 6.29 Å². The van der Waals surface area contributed by atoms with Gasteiger partial charge in [-0.1, -0.05) is 30.3 Å². The summed E-state index contributed by atoms with van der Waals surface area (Å²) >= 11 is 0. The smallest absolute Gasteiger partial charge is 0.416 e. The van der Waals surface area contributed by atoms with Crippen LogP contribution in [-0.2, 0) is 19.0 Å². The molecule has 8 heteroatoms. The van der Waals surface area contributed by atoms with E-state index in [-0.39, 0.29) is 11.3 Å². The summed E-state index contributed by atoms with van der Waals surface area (Å²) in [6.07, 6.45) is -9.15. The van der Waals surface area contributed by atoms with E-state index in [4.69, 9.17) is 4.74 Å². The third kappa shape index (κ3) is 3.95. The van der Waals surface area contributed by atoms with Gasteiger partial charge in [-0.05, 0) is 35.0 Å². The summed E-state index contributed by atoms with van der Waals surface area (Å²) in [7, 11) is 0. The molecule has 0 aromatic heterocycles. The van der Waals surface area contributed by atoms with Crippen LogP contribution in [0.2, 0.25) is 0 Å². The van der Waals surface area contributed by atoms with Crippen LogP contribution in [0, 0.1) is 0 Å². The summed E-state index contributed by atoms with van der Waals surface area (Å²) in [5.41, 5.74) is -3.01. The second-order valence-electron chi connectivity index (χ2n) is 5.97. The van der Waals surface area contributed by atoms with Crippen LogP contribution in [-0.4, -0.2) is 6.29 Å². The Morgan fingerprint density at radius 3 is 2.21 bits per heavy atom. The van der Waals surface area contributed by atoms with Crippen molar-refractivity contribution in [2.24, 2.45) is 0 Å². The summed E-state index contributed by atoms with van der Waals surface area (Å²) < 4.78 is 83.5. The molecule has 3 aromatic carbocycles. The van der Waals surface area contributed by atoms with Gasteiger partial charge in [0.2, 0.25) is 0 Å². The molecule has 0 saturated carbocycles. The molecule has 0 bridgehead atoms. The van der Waals surface area contributed by atoms with Crippen LogP contribution in [0.1, 0.15) is 27.0 Å². The van der Waals surface area contributed by atoms with Gasteiger partial charge in [-0.25, -0.2) is 0 Å². The van der Waals surface area contributed by atoms with Crippen molar-refractivity contribution in [2.45, 2.75) is 19.0 Å². The standard InChI is InChI=1S/C20H12F6O2/c21-19(22,23)14-6-7-17(20(24,25)26)13(9-14)11-28-18-8-5-12-3-1-2-4-15(12)16(18)10-27/h1-10H,11H2. The minimum absolute atomic E-state index is 0.0146. The van der Waals surface area contributed by atoms with Gasteiger partial charge in [-0.2, -0.15) is 26.3 Å². The molecular formula is C20H12F6O2. The Morgan fingerprint density at radius 2 is 1.57 bits per heavy atom. The van der Waals surface area contributed by atoms with Gasteiger partial charge in [0.05, 0.1) is 16.7 Å². The second-order valence-corrected chi connectivity index (χ2v) is 5.97. The monoisotopic (exact) mass is 398 g/mol. The van der Waals surface area contributed by atoms with Crippen LogP contribution in [0.3, 0.4) is 0 Å². The van der Waals surface area contributed by atoms with Gasteiger partial charge in [0.1, 0.15) is 12.4 Å². The molecule has 0 aliphatic carbocycles. The normalized spacial score (nSPS) is 12.2. The van der Waals surface area contributed by atoms with Crippen LogP contribution in [0.4, 0.5) is 26.3 Å². The molecule has 2 nitrogen and oxygen atoms in total. The number of alkyl halides is 6. The van der Waals surface area contributed by atoms with Gasteiger partial charge in [-0.15, -0.1) is 0 Å². The Balaban J connectivity index is 2.00. The number of aldehydes is 1. The molecule has 0 N–H and O–H groups in total. The fourth-order valence-electron chi connectivity index (χ4n) is 2.84. The lowest BCUT2D eigenvalue weighted by Gasteiger charge is -2.17. The third-order valence-corrected chi connectivity index (χ3v) is 4.17. The average molecular weight is 398 g/mol. The SMILES string of the molecule is O=Cc1c(OCc2cc(C(F)(F)F)ccc2C(F)(F)F)ccc2ccccc12. The van der Waals surface area contributed by atoms with E-state index in [0.717, 1.165) is 0 Å². The van der Waals surface area contributed by atoms with Gasteiger partial charge >= 0.3 is 12.4 Å². The zero-order chi connectivity index (χ0) is 20.5. The minimum Gasteiger partial charge on any atom is -0.488 e. The first-order valence-corrected chi connectivity index (χ1v) is 7.98. The highest BCUT2D eigenvalue weighted by Gasteiger charge is 2.37. The van der Waals surface area contributed by atoms with E-state index in [9.17, 15) is 31.1 Å². The zero-order valence-electron chi connectivity index (χ0n) is 14.1. The van der Waals surface area contributed by atoms with Gasteiger partial charge in [-0.3, -0.25) is 4.79 Å². The highest BCUT2D eigenvalue weighted by Crippen LogP contribution is 2.37. The lowest BCUT2D eigenvalue weighted by molar-refractivity contribution is -0.142. The van der Waals surface area contributed by atoms with Crippen molar-refractivity contribution >= 4 is 17.1 Å². The van der Waals surface area contributed by atoms with Crippen LogP contribution < -0.4 is 4.74 Å². The number of benzene rings is 3. The van der Waals surface area contributed by atoms with Crippen molar-refractivity contribution in [2.75, 3.05) is 0 Å². The first kappa shape index (κ1) is 19.7. The molecule has 0 amide bonds. The van der Waals surface area contributed by atoms with E-state index in [1.807, 2.05) is 0 Å². The van der Waals surface area contributed by atoms with Gasteiger partial charge < -0.3 is 4.74 Å². The van der Waals surface area contributed by atoms with E-state index < -0.39 is 35.6 Å².